The molecule has 11 nitrogen and oxygen atoms in total. The summed E-state index contributed by atoms with van der Waals surface area (Å²) in [5, 5.41) is 14.6. The minimum absolute atomic E-state index is 0.315. The minimum atomic E-state index is -1.14. The number of carboxylic acid groups (broad SMARTS) is 1. The summed E-state index contributed by atoms with van der Waals surface area (Å²) in [6, 6.07) is -2.06. The lowest BCUT2D eigenvalue weighted by atomic mass is 9.96. The Morgan fingerprint density at radius 3 is 1.82 bits per heavy atom. The first-order valence-corrected chi connectivity index (χ1v) is 11.3. The Morgan fingerprint density at radius 2 is 1.27 bits per heavy atom. The van der Waals surface area contributed by atoms with E-state index in [9.17, 15) is 19.5 Å². The molecule has 0 aliphatic carbocycles. The van der Waals surface area contributed by atoms with Crippen LogP contribution in [0.4, 0.5) is 0 Å². The smallest absolute Gasteiger partial charge is 0.326 e. The highest BCUT2D eigenvalue weighted by molar-refractivity contribution is 5.92. The number of rotatable bonds is 7. The molecule has 0 aromatic rings. The van der Waals surface area contributed by atoms with Crippen LogP contribution in [0.2, 0.25) is 0 Å². The van der Waals surface area contributed by atoms with Crippen LogP contribution in [0.1, 0.15) is 55.4 Å². The Labute approximate surface area is 193 Å². The largest absolute Gasteiger partial charge is 0.480 e. The Balaban J connectivity index is 1.78. The van der Waals surface area contributed by atoms with Gasteiger partial charge < -0.3 is 39.4 Å². The molecule has 0 radical (unpaired) electrons. The number of carbonyl (C=O) groups excluding carboxylic acids is 2. The molecule has 7 atom stereocenters. The number of carboxylic acids is 1. The highest BCUT2D eigenvalue weighted by atomic mass is 16.9. The third-order valence-electron chi connectivity index (χ3n) is 5.89. The molecule has 3 N–H and O–H groups in total. The normalized spacial score (nSPS) is 33.8. The summed E-state index contributed by atoms with van der Waals surface area (Å²) in [6.07, 6.45) is -3.94. The van der Waals surface area contributed by atoms with Crippen LogP contribution in [-0.4, -0.2) is 77.3 Å². The molecule has 3 saturated heterocycles. The second-order valence-electron chi connectivity index (χ2n) is 10.4. The molecule has 3 heterocycles. The predicted octanol–water partition coefficient (Wildman–Crippen LogP) is 0.749. The monoisotopic (exact) mass is 472 g/mol. The number of aliphatic carboxylic acids is 1. The summed E-state index contributed by atoms with van der Waals surface area (Å²) >= 11 is 0. The van der Waals surface area contributed by atoms with Crippen molar-refractivity contribution in [1.29, 1.82) is 0 Å². The highest BCUT2D eigenvalue weighted by Gasteiger charge is 2.62. The van der Waals surface area contributed by atoms with Gasteiger partial charge >= 0.3 is 5.97 Å². The average molecular weight is 473 g/mol. The van der Waals surface area contributed by atoms with Crippen LogP contribution in [0.3, 0.4) is 0 Å². The average Bonchev–Trinajstić information content (AvgIpc) is 3.15. The molecule has 0 bridgehead atoms. The fourth-order valence-corrected chi connectivity index (χ4v) is 4.35. The van der Waals surface area contributed by atoms with Gasteiger partial charge in [-0.25, -0.2) is 4.79 Å². The van der Waals surface area contributed by atoms with Gasteiger partial charge in [0.05, 0.1) is 0 Å². The molecule has 0 saturated carbocycles. The number of ether oxygens (including phenoxy) is 5. The quantitative estimate of drug-likeness (QED) is 0.489. The molecule has 3 rings (SSSR count). The molecule has 0 spiro atoms. The van der Waals surface area contributed by atoms with E-state index in [4.69, 9.17) is 23.7 Å². The van der Waals surface area contributed by atoms with E-state index in [0.717, 1.165) is 0 Å². The van der Waals surface area contributed by atoms with Gasteiger partial charge in [0.15, 0.2) is 24.0 Å². The van der Waals surface area contributed by atoms with Crippen LogP contribution in [-0.2, 0) is 38.1 Å². The molecule has 0 aromatic carbocycles. The van der Waals surface area contributed by atoms with Gasteiger partial charge in [0.1, 0.15) is 30.4 Å². The number of fused-ring (bicyclic) bond motifs is 3. The zero-order chi connectivity index (χ0) is 24.9. The van der Waals surface area contributed by atoms with E-state index in [2.05, 4.69) is 10.6 Å². The van der Waals surface area contributed by atoms with E-state index in [0.29, 0.717) is 0 Å². The van der Waals surface area contributed by atoms with Crippen LogP contribution in [0.25, 0.3) is 0 Å². The van der Waals surface area contributed by atoms with E-state index in [-0.39, 0.29) is 11.8 Å². The van der Waals surface area contributed by atoms with Crippen molar-refractivity contribution in [3.8, 4) is 0 Å². The molecular weight excluding hydrogens is 436 g/mol. The van der Waals surface area contributed by atoms with Gasteiger partial charge in [0.2, 0.25) is 5.91 Å². The molecule has 33 heavy (non-hydrogen) atoms. The summed E-state index contributed by atoms with van der Waals surface area (Å²) in [5.41, 5.74) is 0. The van der Waals surface area contributed by atoms with Gasteiger partial charge in [-0.3, -0.25) is 9.59 Å². The number of carbonyl (C=O) groups is 3. The Bertz CT molecular complexity index is 782. The molecule has 2 amide bonds. The second kappa shape index (κ2) is 9.10. The van der Waals surface area contributed by atoms with E-state index in [1.807, 2.05) is 0 Å². The number of nitrogens with one attached hydrogen (secondary N) is 2. The Morgan fingerprint density at radius 1 is 0.758 bits per heavy atom. The number of hydrogen-bond acceptors (Lipinski definition) is 8. The first kappa shape index (κ1) is 25.8. The van der Waals surface area contributed by atoms with Crippen LogP contribution in [0, 0.1) is 11.8 Å². The van der Waals surface area contributed by atoms with Crippen molar-refractivity contribution in [2.75, 3.05) is 0 Å². The zero-order valence-corrected chi connectivity index (χ0v) is 20.4. The van der Waals surface area contributed by atoms with Crippen molar-refractivity contribution in [2.45, 2.75) is 110 Å². The summed E-state index contributed by atoms with van der Waals surface area (Å²) in [5.74, 6) is -4.85. The molecule has 188 valence electrons. The fraction of sp³-hybridized carbons (Fsp3) is 0.864. The number of amides is 2. The maximum atomic E-state index is 13.3. The van der Waals surface area contributed by atoms with Gasteiger partial charge in [0, 0.05) is 0 Å². The standard InChI is InChI=1S/C22H36N2O9/c1-9(2)11(17(25)24-12(10(3)4)19(27)28)23-18(26)15-13-14(31-21(5,6)30-13)16-20(29-15)33-22(7,8)32-16/h9-16,20H,1-8H3,(H,23,26)(H,24,25)(H,27,28)/t11-,12-,13+,14-,15-,16+,20+/m0/s1. The van der Waals surface area contributed by atoms with E-state index >= 15 is 0 Å². The van der Waals surface area contributed by atoms with Crippen LogP contribution >= 0.6 is 0 Å². The van der Waals surface area contributed by atoms with E-state index in [1.165, 1.54) is 0 Å². The summed E-state index contributed by atoms with van der Waals surface area (Å²) in [7, 11) is 0. The topological polar surface area (TPSA) is 142 Å². The van der Waals surface area contributed by atoms with E-state index in [1.54, 1.807) is 55.4 Å². The van der Waals surface area contributed by atoms with Crippen molar-refractivity contribution in [3.05, 3.63) is 0 Å². The van der Waals surface area contributed by atoms with Crippen LogP contribution in [0.5, 0.6) is 0 Å². The molecule has 3 aliphatic rings. The van der Waals surface area contributed by atoms with Crippen LogP contribution < -0.4 is 10.6 Å². The van der Waals surface area contributed by atoms with Crippen molar-refractivity contribution < 1.29 is 43.2 Å². The fourth-order valence-electron chi connectivity index (χ4n) is 4.35. The van der Waals surface area contributed by atoms with Gasteiger partial charge in [-0.1, -0.05) is 27.7 Å². The number of hydrogen-bond donors (Lipinski definition) is 3. The van der Waals surface area contributed by atoms with Gasteiger partial charge in [-0.2, -0.15) is 0 Å². The molecule has 0 aromatic heterocycles. The van der Waals surface area contributed by atoms with E-state index < -0.39 is 72.1 Å². The third-order valence-corrected chi connectivity index (χ3v) is 5.89. The predicted molar refractivity (Wildman–Crippen MR) is 114 cm³/mol. The lowest BCUT2D eigenvalue weighted by molar-refractivity contribution is -0.231. The maximum Gasteiger partial charge on any atom is 0.326 e. The third kappa shape index (κ3) is 5.48. The summed E-state index contributed by atoms with van der Waals surface area (Å²) in [4.78, 5) is 37.7. The first-order chi connectivity index (χ1) is 15.1. The van der Waals surface area contributed by atoms with Crippen molar-refractivity contribution >= 4 is 17.8 Å². The summed E-state index contributed by atoms with van der Waals surface area (Å²) < 4.78 is 29.7. The summed E-state index contributed by atoms with van der Waals surface area (Å²) in [6.45, 7) is 13.9. The molecule has 0 unspecified atom stereocenters. The Hall–Kier alpha value is -1.79. The Kier molecular flexibility index (Phi) is 7.12. The lowest BCUT2D eigenvalue weighted by Gasteiger charge is -2.37. The second-order valence-corrected chi connectivity index (χ2v) is 10.4. The maximum absolute atomic E-state index is 13.3. The zero-order valence-electron chi connectivity index (χ0n) is 20.4. The van der Waals surface area contributed by atoms with Crippen LogP contribution in [0.15, 0.2) is 0 Å². The molecule has 3 aliphatic heterocycles. The van der Waals surface area contributed by atoms with Gasteiger partial charge in [-0.05, 0) is 39.5 Å². The lowest BCUT2D eigenvalue weighted by Crippen LogP contribution is -2.62. The first-order valence-electron chi connectivity index (χ1n) is 11.3. The molecular formula is C22H36N2O9. The van der Waals surface area contributed by atoms with Crippen molar-refractivity contribution in [3.63, 3.8) is 0 Å². The highest BCUT2D eigenvalue weighted by Crippen LogP contribution is 2.44. The van der Waals surface area contributed by atoms with Crippen molar-refractivity contribution in [1.82, 2.24) is 10.6 Å². The molecule has 3 fully saturated rings. The van der Waals surface area contributed by atoms with Gasteiger partial charge in [0.25, 0.3) is 5.91 Å². The van der Waals surface area contributed by atoms with Crippen molar-refractivity contribution in [2.24, 2.45) is 11.8 Å². The van der Waals surface area contributed by atoms with Gasteiger partial charge in [-0.15, -0.1) is 0 Å². The minimum Gasteiger partial charge on any atom is -0.480 e. The molecule has 11 heteroatoms. The SMILES string of the molecule is CC(C)[C@H](NC(=O)[C@@H](NC(=O)[C@H]1O[C@@H]2OC(C)(C)O[C@@H]2[C@H]2OC(C)(C)O[C@H]21)C(C)C)C(=O)O.